The van der Waals surface area contributed by atoms with Crippen LogP contribution in [0.5, 0.6) is 0 Å². The number of nitrogens with two attached hydrogens (primary N) is 1. The zero-order chi connectivity index (χ0) is 7.56. The average Bonchev–Trinajstić information content (AvgIpc) is 1.93. The zero-order valence-electron chi connectivity index (χ0n) is 6.52. The van der Waals surface area contributed by atoms with E-state index in [0.29, 0.717) is 0 Å². The van der Waals surface area contributed by atoms with E-state index in [-0.39, 0.29) is 0 Å². The summed E-state index contributed by atoms with van der Waals surface area (Å²) in [6.45, 7) is 4.22. The lowest BCUT2D eigenvalue weighted by Gasteiger charge is -1.96. The van der Waals surface area contributed by atoms with Gasteiger partial charge in [0.25, 0.3) is 0 Å². The van der Waals surface area contributed by atoms with E-state index in [2.05, 4.69) is 19.9 Å². The maximum Gasteiger partial charge on any atom is 0.0313 e. The minimum absolute atomic E-state index is 0.856. The second-order valence-corrected chi connectivity index (χ2v) is 2.85. The molecule has 1 nitrogen and oxygen atoms in total. The van der Waals surface area contributed by atoms with Crippen molar-refractivity contribution in [3.8, 4) is 0 Å². The Balaban J connectivity index is 2.90. The van der Waals surface area contributed by atoms with E-state index in [9.17, 15) is 0 Å². The Morgan fingerprint density at radius 2 is 1.90 bits per heavy atom. The van der Waals surface area contributed by atoms with Gasteiger partial charge in [-0.25, -0.2) is 0 Å². The fourth-order valence-electron chi connectivity index (χ4n) is 1.12. The zero-order valence-corrected chi connectivity index (χ0v) is 6.52. The molecule has 1 aliphatic rings. The Labute approximate surface area is 61.9 Å². The van der Waals surface area contributed by atoms with Crippen LogP contribution in [0.1, 0.15) is 20.3 Å². The maximum atomic E-state index is 5.63. The van der Waals surface area contributed by atoms with Crippen LogP contribution in [-0.2, 0) is 0 Å². The fraction of sp³-hybridized carbons (Fsp3) is 0.333. The van der Waals surface area contributed by atoms with Gasteiger partial charge in [0.15, 0.2) is 0 Å². The van der Waals surface area contributed by atoms with E-state index < -0.39 is 0 Å². The van der Waals surface area contributed by atoms with Crippen LogP contribution < -0.4 is 5.73 Å². The second kappa shape index (κ2) is 2.74. The number of hydrogen-bond donors (Lipinski definition) is 1. The highest BCUT2D eigenvalue weighted by Crippen LogP contribution is 2.14. The quantitative estimate of drug-likeness (QED) is 0.541. The molecule has 0 spiro atoms. The largest absolute Gasteiger partial charge is 0.399 e. The van der Waals surface area contributed by atoms with E-state index in [4.69, 9.17) is 5.73 Å². The van der Waals surface area contributed by atoms with E-state index in [1.807, 2.05) is 12.2 Å². The SMILES string of the molecule is CC1=CC=C(N)C=C(C)C1. The molecule has 0 saturated heterocycles. The molecule has 0 atom stereocenters. The summed E-state index contributed by atoms with van der Waals surface area (Å²) >= 11 is 0. The van der Waals surface area contributed by atoms with Gasteiger partial charge in [0.2, 0.25) is 0 Å². The van der Waals surface area contributed by atoms with Gasteiger partial charge < -0.3 is 5.73 Å². The van der Waals surface area contributed by atoms with Crippen molar-refractivity contribution in [1.82, 2.24) is 0 Å². The molecular formula is C9H13N. The van der Waals surface area contributed by atoms with Crippen molar-refractivity contribution in [2.24, 2.45) is 5.73 Å². The first kappa shape index (κ1) is 7.13. The van der Waals surface area contributed by atoms with Crippen molar-refractivity contribution in [2.75, 3.05) is 0 Å². The molecule has 0 fully saturated rings. The van der Waals surface area contributed by atoms with Crippen molar-refractivity contribution in [3.05, 3.63) is 35.1 Å². The third kappa shape index (κ3) is 1.76. The molecule has 0 aromatic carbocycles. The van der Waals surface area contributed by atoms with Gasteiger partial charge in [-0.1, -0.05) is 17.2 Å². The molecule has 1 heteroatoms. The van der Waals surface area contributed by atoms with Gasteiger partial charge in [0.1, 0.15) is 0 Å². The average molecular weight is 135 g/mol. The first-order valence-electron chi connectivity index (χ1n) is 3.48. The van der Waals surface area contributed by atoms with E-state index >= 15 is 0 Å². The summed E-state index contributed by atoms with van der Waals surface area (Å²) < 4.78 is 0. The van der Waals surface area contributed by atoms with Crippen LogP contribution >= 0.6 is 0 Å². The van der Waals surface area contributed by atoms with Crippen LogP contribution in [0.4, 0.5) is 0 Å². The van der Waals surface area contributed by atoms with Crippen LogP contribution in [0, 0.1) is 0 Å². The molecule has 0 unspecified atom stereocenters. The molecule has 54 valence electrons. The molecule has 0 amide bonds. The summed E-state index contributed by atoms with van der Waals surface area (Å²) in [5, 5.41) is 0. The van der Waals surface area contributed by atoms with Gasteiger partial charge in [-0.3, -0.25) is 0 Å². The topological polar surface area (TPSA) is 26.0 Å². The Hall–Kier alpha value is -0.980. The minimum Gasteiger partial charge on any atom is -0.399 e. The molecule has 1 aliphatic carbocycles. The fourth-order valence-corrected chi connectivity index (χ4v) is 1.12. The number of rotatable bonds is 0. The number of allylic oxidation sites excluding steroid dienone is 5. The van der Waals surface area contributed by atoms with E-state index in [0.717, 1.165) is 12.1 Å². The van der Waals surface area contributed by atoms with Crippen LogP contribution in [0.2, 0.25) is 0 Å². The van der Waals surface area contributed by atoms with Gasteiger partial charge in [-0.05, 0) is 32.4 Å². The molecular weight excluding hydrogens is 122 g/mol. The molecule has 0 radical (unpaired) electrons. The summed E-state index contributed by atoms with van der Waals surface area (Å²) in [6.07, 6.45) is 7.10. The Morgan fingerprint density at radius 3 is 2.60 bits per heavy atom. The first-order chi connectivity index (χ1) is 4.68. The van der Waals surface area contributed by atoms with Gasteiger partial charge in [0, 0.05) is 5.70 Å². The first-order valence-corrected chi connectivity index (χ1v) is 3.48. The molecule has 0 heterocycles. The van der Waals surface area contributed by atoms with Crippen LogP contribution in [0.25, 0.3) is 0 Å². The van der Waals surface area contributed by atoms with Crippen LogP contribution in [-0.4, -0.2) is 0 Å². The molecule has 10 heavy (non-hydrogen) atoms. The standard InChI is InChI=1S/C9H13N/c1-7-3-4-9(10)6-8(2)5-7/h3-4,6H,5,10H2,1-2H3. The summed E-state index contributed by atoms with van der Waals surface area (Å²) in [5.41, 5.74) is 9.19. The highest BCUT2D eigenvalue weighted by molar-refractivity contribution is 5.31. The van der Waals surface area contributed by atoms with Crippen LogP contribution in [0.15, 0.2) is 35.1 Å². The highest BCUT2D eigenvalue weighted by Gasteiger charge is 1.96. The van der Waals surface area contributed by atoms with Crippen molar-refractivity contribution < 1.29 is 0 Å². The third-order valence-electron chi connectivity index (χ3n) is 1.53. The van der Waals surface area contributed by atoms with Crippen molar-refractivity contribution in [2.45, 2.75) is 20.3 Å². The molecule has 0 aromatic rings. The monoisotopic (exact) mass is 135 g/mol. The van der Waals surface area contributed by atoms with Gasteiger partial charge in [-0.15, -0.1) is 0 Å². The van der Waals surface area contributed by atoms with Crippen molar-refractivity contribution >= 4 is 0 Å². The lowest BCUT2D eigenvalue weighted by Crippen LogP contribution is -1.91. The predicted molar refractivity (Wildman–Crippen MR) is 44.4 cm³/mol. The Bertz CT molecular complexity index is 219. The normalized spacial score (nSPS) is 18.8. The molecule has 0 aliphatic heterocycles. The van der Waals surface area contributed by atoms with Crippen LogP contribution in [0.3, 0.4) is 0 Å². The third-order valence-corrected chi connectivity index (χ3v) is 1.53. The summed E-state index contributed by atoms with van der Waals surface area (Å²) in [6, 6.07) is 0. The molecule has 0 saturated carbocycles. The lowest BCUT2D eigenvalue weighted by atomic mass is 10.1. The van der Waals surface area contributed by atoms with Gasteiger partial charge in [0.05, 0.1) is 0 Å². The Morgan fingerprint density at radius 1 is 1.20 bits per heavy atom. The minimum atomic E-state index is 0.856. The predicted octanol–water partition coefficient (Wildman–Crippen LogP) is 2.13. The van der Waals surface area contributed by atoms with E-state index in [1.165, 1.54) is 11.1 Å². The maximum absolute atomic E-state index is 5.63. The summed E-state index contributed by atoms with van der Waals surface area (Å²) in [5.74, 6) is 0. The van der Waals surface area contributed by atoms with Crippen molar-refractivity contribution in [1.29, 1.82) is 0 Å². The molecule has 0 bridgehead atoms. The molecule has 1 rings (SSSR count). The van der Waals surface area contributed by atoms with Gasteiger partial charge in [-0.2, -0.15) is 0 Å². The molecule has 0 aromatic heterocycles. The Kier molecular flexibility index (Phi) is 1.95. The lowest BCUT2D eigenvalue weighted by molar-refractivity contribution is 1.11. The summed E-state index contributed by atoms with van der Waals surface area (Å²) in [4.78, 5) is 0. The second-order valence-electron chi connectivity index (χ2n) is 2.85. The van der Waals surface area contributed by atoms with E-state index in [1.54, 1.807) is 0 Å². The summed E-state index contributed by atoms with van der Waals surface area (Å²) in [7, 11) is 0. The van der Waals surface area contributed by atoms with Gasteiger partial charge >= 0.3 is 0 Å². The smallest absolute Gasteiger partial charge is 0.0313 e. The highest BCUT2D eigenvalue weighted by atomic mass is 14.6. The number of hydrogen-bond acceptors (Lipinski definition) is 1. The van der Waals surface area contributed by atoms with Crippen molar-refractivity contribution in [3.63, 3.8) is 0 Å². The molecule has 2 N–H and O–H groups in total.